The molecule has 0 heterocycles. The summed E-state index contributed by atoms with van der Waals surface area (Å²) in [4.78, 5) is 24.4. The Morgan fingerprint density at radius 1 is 1.26 bits per heavy atom. The van der Waals surface area contributed by atoms with Gasteiger partial charge < -0.3 is 9.47 Å². The molecular formula is C18H21BrO4. The van der Waals surface area contributed by atoms with Gasteiger partial charge in [0.05, 0.1) is 17.5 Å². The summed E-state index contributed by atoms with van der Waals surface area (Å²) in [5.74, 6) is 0.995. The monoisotopic (exact) mass is 380 g/mol. The molecule has 0 unspecified atom stereocenters. The number of Topliss-reactive ketones (excluding diaryl/α,β-unsaturated/α-hetero) is 1. The molecule has 2 aliphatic carbocycles. The van der Waals surface area contributed by atoms with Crippen LogP contribution in [0, 0.1) is 17.8 Å². The van der Waals surface area contributed by atoms with Crippen molar-refractivity contribution < 1.29 is 19.1 Å². The zero-order valence-corrected chi connectivity index (χ0v) is 14.8. The third-order valence-corrected chi connectivity index (χ3v) is 5.60. The first-order valence-electron chi connectivity index (χ1n) is 8.11. The lowest BCUT2D eigenvalue weighted by molar-refractivity contribution is -0.154. The van der Waals surface area contributed by atoms with Gasteiger partial charge in [0.2, 0.25) is 0 Å². The summed E-state index contributed by atoms with van der Waals surface area (Å²) in [6.07, 6.45) is 4.32. The summed E-state index contributed by atoms with van der Waals surface area (Å²) >= 11 is 3.43. The van der Waals surface area contributed by atoms with E-state index >= 15 is 0 Å². The first kappa shape index (κ1) is 16.5. The van der Waals surface area contributed by atoms with E-state index < -0.39 is 0 Å². The number of fused-ring (bicyclic) bond motifs is 2. The van der Waals surface area contributed by atoms with E-state index in [9.17, 15) is 9.59 Å². The molecule has 2 bridgehead atoms. The Morgan fingerprint density at radius 3 is 2.57 bits per heavy atom. The van der Waals surface area contributed by atoms with E-state index in [0.29, 0.717) is 18.6 Å². The molecule has 0 N–H and O–H groups in total. The van der Waals surface area contributed by atoms with Gasteiger partial charge in [-0.25, -0.2) is 0 Å². The molecule has 23 heavy (non-hydrogen) atoms. The maximum atomic E-state index is 12.3. The van der Waals surface area contributed by atoms with Crippen molar-refractivity contribution in [2.24, 2.45) is 17.8 Å². The Labute approximate surface area is 144 Å². The van der Waals surface area contributed by atoms with Crippen LogP contribution in [0.5, 0.6) is 5.75 Å². The molecule has 5 heteroatoms. The van der Waals surface area contributed by atoms with Gasteiger partial charge >= 0.3 is 5.97 Å². The number of hydrogen-bond acceptors (Lipinski definition) is 4. The molecule has 0 radical (unpaired) electrons. The summed E-state index contributed by atoms with van der Waals surface area (Å²) in [6, 6.07) is 5.62. The number of ether oxygens (including phenoxy) is 2. The fourth-order valence-electron chi connectivity index (χ4n) is 3.74. The van der Waals surface area contributed by atoms with Gasteiger partial charge in [0.25, 0.3) is 0 Å². The van der Waals surface area contributed by atoms with Crippen molar-refractivity contribution in [3.8, 4) is 5.75 Å². The molecule has 0 aromatic heterocycles. The minimum absolute atomic E-state index is 0.0789. The smallest absolute Gasteiger partial charge is 0.309 e. The first-order chi connectivity index (χ1) is 11.1. The summed E-state index contributed by atoms with van der Waals surface area (Å²) in [6.45, 7) is 0.251. The Hall–Kier alpha value is -1.36. The second-order valence-electron chi connectivity index (χ2n) is 6.47. The zero-order chi connectivity index (χ0) is 16.4. The van der Waals surface area contributed by atoms with Crippen LogP contribution in [-0.4, -0.2) is 18.9 Å². The number of benzene rings is 1. The predicted octanol–water partition coefficient (Wildman–Crippen LogP) is 3.90. The number of hydrogen-bond donors (Lipinski definition) is 0. The van der Waals surface area contributed by atoms with E-state index in [-0.39, 0.29) is 30.3 Å². The van der Waals surface area contributed by atoms with E-state index in [2.05, 4.69) is 15.9 Å². The second kappa shape index (κ2) is 7.04. The molecule has 0 aliphatic heterocycles. The molecule has 1 aromatic carbocycles. The van der Waals surface area contributed by atoms with Crippen LogP contribution in [0.3, 0.4) is 0 Å². The second-order valence-corrected chi connectivity index (χ2v) is 7.33. The Bertz CT molecular complexity index is 597. The molecule has 1 aromatic rings. The highest BCUT2D eigenvalue weighted by atomic mass is 79.9. The number of esters is 1. The third-order valence-electron chi connectivity index (χ3n) is 4.98. The van der Waals surface area contributed by atoms with Crippen LogP contribution in [-0.2, 0) is 20.9 Å². The molecule has 2 atom stereocenters. The van der Waals surface area contributed by atoms with Crippen LogP contribution in [0.15, 0.2) is 22.7 Å². The topological polar surface area (TPSA) is 52.6 Å². The van der Waals surface area contributed by atoms with Gasteiger partial charge in [0.1, 0.15) is 18.1 Å². The van der Waals surface area contributed by atoms with Crippen molar-refractivity contribution in [2.75, 3.05) is 7.11 Å². The van der Waals surface area contributed by atoms with Gasteiger partial charge in [-0.05, 0) is 59.3 Å². The molecule has 0 spiro atoms. The number of carbonyl (C=O) groups excluding carboxylic acids is 2. The Morgan fingerprint density at radius 2 is 1.96 bits per heavy atom. The van der Waals surface area contributed by atoms with Crippen LogP contribution in [0.2, 0.25) is 0 Å². The standard InChI is InChI=1S/C18H21BrO4/c1-22-16-6-5-11(7-15(16)19)10-23-18(21)14-8-12-3-2-4-13(9-14)17(12)20/h5-7,12-14H,2-4,8-10H2,1H3/t12-,13-/m1/s1. The van der Waals surface area contributed by atoms with E-state index in [1.54, 1.807) is 7.11 Å². The molecular weight excluding hydrogens is 360 g/mol. The normalized spacial score (nSPS) is 26.7. The highest BCUT2D eigenvalue weighted by Crippen LogP contribution is 2.40. The summed E-state index contributed by atoms with van der Waals surface area (Å²) in [5, 5.41) is 0. The lowest BCUT2D eigenvalue weighted by Gasteiger charge is -2.36. The average Bonchev–Trinajstić information content (AvgIpc) is 2.52. The van der Waals surface area contributed by atoms with Gasteiger partial charge in [0.15, 0.2) is 0 Å². The van der Waals surface area contributed by atoms with Gasteiger partial charge in [0, 0.05) is 11.8 Å². The molecule has 3 rings (SSSR count). The van der Waals surface area contributed by atoms with Crippen LogP contribution in [0.25, 0.3) is 0 Å². The fraction of sp³-hybridized carbons (Fsp3) is 0.556. The SMILES string of the molecule is COc1ccc(COC(=O)C2C[C@H]3CCC[C@H](C2)C3=O)cc1Br. The maximum absolute atomic E-state index is 12.3. The van der Waals surface area contributed by atoms with Crippen LogP contribution >= 0.6 is 15.9 Å². The molecule has 0 amide bonds. The molecule has 2 saturated carbocycles. The van der Waals surface area contributed by atoms with Crippen molar-refractivity contribution in [1.82, 2.24) is 0 Å². The largest absolute Gasteiger partial charge is 0.496 e. The molecule has 2 aliphatic rings. The van der Waals surface area contributed by atoms with E-state index in [4.69, 9.17) is 9.47 Å². The molecule has 0 saturated heterocycles. The summed E-state index contributed by atoms with van der Waals surface area (Å²) in [5.41, 5.74) is 0.915. The van der Waals surface area contributed by atoms with Crippen molar-refractivity contribution in [3.05, 3.63) is 28.2 Å². The van der Waals surface area contributed by atoms with Crippen LogP contribution < -0.4 is 4.74 Å². The number of carbonyl (C=O) groups is 2. The third kappa shape index (κ3) is 3.60. The van der Waals surface area contributed by atoms with Gasteiger partial charge in [-0.15, -0.1) is 0 Å². The minimum Gasteiger partial charge on any atom is -0.496 e. The van der Waals surface area contributed by atoms with Crippen molar-refractivity contribution in [3.63, 3.8) is 0 Å². The number of halogens is 1. The van der Waals surface area contributed by atoms with E-state index in [1.807, 2.05) is 18.2 Å². The summed E-state index contributed by atoms with van der Waals surface area (Å²) in [7, 11) is 1.61. The number of methoxy groups -OCH3 is 1. The Balaban J connectivity index is 1.57. The molecule has 124 valence electrons. The number of ketones is 1. The van der Waals surface area contributed by atoms with Gasteiger partial charge in [-0.3, -0.25) is 9.59 Å². The maximum Gasteiger partial charge on any atom is 0.309 e. The number of rotatable bonds is 4. The predicted molar refractivity (Wildman–Crippen MR) is 89.1 cm³/mol. The van der Waals surface area contributed by atoms with Crippen molar-refractivity contribution >= 4 is 27.7 Å². The highest BCUT2D eigenvalue weighted by molar-refractivity contribution is 9.10. The van der Waals surface area contributed by atoms with Crippen LogP contribution in [0.1, 0.15) is 37.7 Å². The average molecular weight is 381 g/mol. The quantitative estimate of drug-likeness (QED) is 0.743. The zero-order valence-electron chi connectivity index (χ0n) is 13.2. The van der Waals surface area contributed by atoms with Gasteiger partial charge in [-0.2, -0.15) is 0 Å². The van der Waals surface area contributed by atoms with E-state index in [1.165, 1.54) is 0 Å². The Kier molecular flexibility index (Phi) is 5.05. The minimum atomic E-state index is -0.165. The van der Waals surface area contributed by atoms with Gasteiger partial charge in [-0.1, -0.05) is 12.5 Å². The highest BCUT2D eigenvalue weighted by Gasteiger charge is 2.41. The molecule has 2 fully saturated rings. The lowest BCUT2D eigenvalue weighted by Crippen LogP contribution is -2.39. The fourth-order valence-corrected chi connectivity index (χ4v) is 4.33. The van der Waals surface area contributed by atoms with Crippen LogP contribution in [0.4, 0.5) is 0 Å². The van der Waals surface area contributed by atoms with Crippen molar-refractivity contribution in [2.45, 2.75) is 38.7 Å². The van der Waals surface area contributed by atoms with E-state index in [0.717, 1.165) is 35.0 Å². The van der Waals surface area contributed by atoms with Crippen molar-refractivity contribution in [1.29, 1.82) is 0 Å². The lowest BCUT2D eigenvalue weighted by atomic mass is 9.67. The summed E-state index contributed by atoms with van der Waals surface area (Å²) < 4.78 is 11.5. The molecule has 4 nitrogen and oxygen atoms in total. The first-order valence-corrected chi connectivity index (χ1v) is 8.90.